The molecule has 7 nitrogen and oxygen atoms in total. The number of carbonyl (C=O) groups excluding carboxylic acids is 1. The average molecular weight is 360 g/mol. The molecule has 1 saturated heterocycles. The number of fused-ring (bicyclic) bond motifs is 1. The summed E-state index contributed by atoms with van der Waals surface area (Å²) >= 11 is 0. The van der Waals surface area contributed by atoms with E-state index in [4.69, 9.17) is 6.11 Å². The SMILES string of the molecule is [2H]c1cc(N2CCN(C(=O)OC(C)(C)C)CC2)cc2c(NC)c(CC)nn12. The topological polar surface area (TPSA) is 62.1 Å². The summed E-state index contributed by atoms with van der Waals surface area (Å²) in [5.74, 6) is 0. The monoisotopic (exact) mass is 360 g/mol. The molecule has 2 aromatic rings. The first-order chi connectivity index (χ1) is 12.7. The molecule has 1 aliphatic rings. The number of nitrogens with zero attached hydrogens (tertiary/aromatic N) is 4. The zero-order valence-electron chi connectivity index (χ0n) is 17.3. The van der Waals surface area contributed by atoms with E-state index in [2.05, 4.69) is 28.3 Å². The van der Waals surface area contributed by atoms with Crippen LogP contribution in [-0.4, -0.2) is 59.4 Å². The summed E-state index contributed by atoms with van der Waals surface area (Å²) in [5.41, 5.74) is 3.34. The van der Waals surface area contributed by atoms with Gasteiger partial charge in [0, 0.05) is 45.1 Å². The first-order valence-corrected chi connectivity index (χ1v) is 9.16. The number of rotatable bonds is 3. The van der Waals surface area contributed by atoms with E-state index in [0.717, 1.165) is 29.0 Å². The van der Waals surface area contributed by atoms with Gasteiger partial charge in [-0.15, -0.1) is 0 Å². The molecule has 2 aromatic heterocycles. The van der Waals surface area contributed by atoms with E-state index < -0.39 is 5.60 Å². The van der Waals surface area contributed by atoms with Crippen LogP contribution in [0.15, 0.2) is 18.3 Å². The number of amides is 1. The Bertz CT molecular complexity index is 835. The predicted molar refractivity (Wildman–Crippen MR) is 104 cm³/mol. The Morgan fingerprint density at radius 2 is 2.04 bits per heavy atom. The fourth-order valence-electron chi connectivity index (χ4n) is 3.20. The fourth-order valence-corrected chi connectivity index (χ4v) is 3.20. The van der Waals surface area contributed by atoms with Crippen molar-refractivity contribution < 1.29 is 10.9 Å². The highest BCUT2D eigenvalue weighted by atomic mass is 16.6. The van der Waals surface area contributed by atoms with Crippen molar-refractivity contribution in [3.8, 4) is 0 Å². The van der Waals surface area contributed by atoms with Gasteiger partial charge in [0.1, 0.15) is 5.60 Å². The van der Waals surface area contributed by atoms with Crippen molar-refractivity contribution in [1.82, 2.24) is 14.5 Å². The van der Waals surface area contributed by atoms with Crippen molar-refractivity contribution in [2.45, 2.75) is 39.7 Å². The summed E-state index contributed by atoms with van der Waals surface area (Å²) in [6.45, 7) is 10.3. The maximum atomic E-state index is 12.2. The van der Waals surface area contributed by atoms with E-state index in [1.165, 1.54) is 0 Å². The maximum Gasteiger partial charge on any atom is 0.410 e. The number of aromatic nitrogens is 2. The second-order valence-electron chi connectivity index (χ2n) is 7.52. The normalized spacial score (nSPS) is 16.0. The summed E-state index contributed by atoms with van der Waals surface area (Å²) in [5, 5.41) is 7.75. The van der Waals surface area contributed by atoms with E-state index in [1.54, 1.807) is 9.42 Å². The Morgan fingerprint density at radius 1 is 1.35 bits per heavy atom. The van der Waals surface area contributed by atoms with Gasteiger partial charge in [-0.1, -0.05) is 6.92 Å². The fraction of sp³-hybridized carbons (Fsp3) is 0.579. The Morgan fingerprint density at radius 3 is 2.62 bits per heavy atom. The van der Waals surface area contributed by atoms with Gasteiger partial charge in [-0.25, -0.2) is 9.31 Å². The minimum absolute atomic E-state index is 0.264. The number of piperazine rings is 1. The van der Waals surface area contributed by atoms with Gasteiger partial charge in [0.25, 0.3) is 0 Å². The molecule has 0 unspecified atom stereocenters. The van der Waals surface area contributed by atoms with Crippen LogP contribution in [0.1, 0.15) is 34.8 Å². The molecular weight excluding hydrogens is 330 g/mol. The Hall–Kier alpha value is -2.44. The third-order valence-corrected chi connectivity index (χ3v) is 4.49. The lowest BCUT2D eigenvalue weighted by Crippen LogP contribution is -2.50. The summed E-state index contributed by atoms with van der Waals surface area (Å²) < 4.78 is 15.5. The molecular formula is C19H29N5O2. The van der Waals surface area contributed by atoms with Crippen LogP contribution in [0.4, 0.5) is 16.2 Å². The quantitative estimate of drug-likeness (QED) is 0.912. The highest BCUT2D eigenvalue weighted by Crippen LogP contribution is 2.27. The first-order valence-electron chi connectivity index (χ1n) is 9.66. The number of nitrogens with one attached hydrogen (secondary N) is 1. The van der Waals surface area contributed by atoms with Crippen LogP contribution < -0.4 is 10.2 Å². The second-order valence-corrected chi connectivity index (χ2v) is 7.52. The van der Waals surface area contributed by atoms with Crippen LogP contribution >= 0.6 is 0 Å². The number of aryl methyl sites for hydroxylation is 1. The first kappa shape index (κ1) is 17.0. The van der Waals surface area contributed by atoms with Crippen LogP contribution in [0.5, 0.6) is 0 Å². The predicted octanol–water partition coefficient (Wildman–Crippen LogP) is 3.00. The molecule has 1 fully saturated rings. The zero-order chi connectivity index (χ0) is 19.8. The molecule has 0 aliphatic carbocycles. The average Bonchev–Trinajstić information content (AvgIpc) is 2.98. The van der Waals surface area contributed by atoms with Crippen molar-refractivity contribution in [3.05, 3.63) is 24.0 Å². The van der Waals surface area contributed by atoms with Gasteiger partial charge < -0.3 is 19.9 Å². The molecule has 1 N–H and O–H groups in total. The summed E-state index contributed by atoms with van der Waals surface area (Å²) in [4.78, 5) is 16.2. The van der Waals surface area contributed by atoms with Crippen molar-refractivity contribution in [2.24, 2.45) is 0 Å². The van der Waals surface area contributed by atoms with Crippen molar-refractivity contribution in [2.75, 3.05) is 43.4 Å². The minimum Gasteiger partial charge on any atom is -0.444 e. The lowest BCUT2D eigenvalue weighted by atomic mass is 10.2. The summed E-state index contributed by atoms with van der Waals surface area (Å²) in [6.07, 6.45) is 0.897. The van der Waals surface area contributed by atoms with Gasteiger partial charge in [-0.3, -0.25) is 0 Å². The Kier molecular flexibility index (Phi) is 4.61. The number of hydrogen-bond acceptors (Lipinski definition) is 5. The van der Waals surface area contributed by atoms with Gasteiger partial charge >= 0.3 is 6.09 Å². The third-order valence-electron chi connectivity index (χ3n) is 4.49. The summed E-state index contributed by atoms with van der Waals surface area (Å²) in [6, 6.07) is 3.90. The van der Waals surface area contributed by atoms with Crippen molar-refractivity contribution in [3.63, 3.8) is 0 Å². The lowest BCUT2D eigenvalue weighted by Gasteiger charge is -2.36. The van der Waals surface area contributed by atoms with Gasteiger partial charge in [0.2, 0.25) is 0 Å². The lowest BCUT2D eigenvalue weighted by molar-refractivity contribution is 0.0240. The van der Waals surface area contributed by atoms with Gasteiger partial charge in [-0.2, -0.15) is 5.10 Å². The van der Waals surface area contributed by atoms with E-state index in [0.29, 0.717) is 32.4 Å². The summed E-state index contributed by atoms with van der Waals surface area (Å²) in [7, 11) is 1.88. The molecule has 3 heterocycles. The van der Waals surface area contributed by atoms with E-state index in [9.17, 15) is 4.79 Å². The van der Waals surface area contributed by atoms with E-state index >= 15 is 0 Å². The van der Waals surface area contributed by atoms with Crippen molar-refractivity contribution >= 4 is 23.0 Å². The number of anilines is 2. The number of carbonyl (C=O) groups is 1. The highest BCUT2D eigenvalue weighted by molar-refractivity contribution is 5.78. The Balaban J connectivity index is 1.78. The molecule has 0 spiro atoms. The van der Waals surface area contributed by atoms with Crippen LogP contribution in [-0.2, 0) is 11.2 Å². The van der Waals surface area contributed by atoms with Gasteiger partial charge in [0.05, 0.1) is 18.3 Å². The Labute approximate surface area is 156 Å². The molecule has 7 heteroatoms. The molecule has 142 valence electrons. The zero-order valence-corrected chi connectivity index (χ0v) is 16.3. The number of ether oxygens (including phenoxy) is 1. The second kappa shape index (κ2) is 7.05. The standard InChI is InChI=1S/C19H29N5O2/c1-6-15-17(20-5)16-13-14(7-8-24(16)21-15)22-9-11-23(12-10-22)18(25)26-19(2,3)4/h7-8,13,20H,6,9-12H2,1-5H3/i8D. The number of pyridine rings is 1. The maximum absolute atomic E-state index is 12.2. The van der Waals surface area contributed by atoms with Crippen LogP contribution in [0.2, 0.25) is 0 Å². The van der Waals surface area contributed by atoms with E-state index in [1.807, 2.05) is 33.9 Å². The molecule has 1 amide bonds. The molecule has 0 atom stereocenters. The van der Waals surface area contributed by atoms with Crippen LogP contribution in [0, 0.1) is 0 Å². The largest absolute Gasteiger partial charge is 0.444 e. The molecule has 0 aromatic carbocycles. The highest BCUT2D eigenvalue weighted by Gasteiger charge is 2.26. The molecule has 26 heavy (non-hydrogen) atoms. The molecule has 0 radical (unpaired) electrons. The smallest absolute Gasteiger partial charge is 0.410 e. The van der Waals surface area contributed by atoms with Gasteiger partial charge in [-0.05, 0) is 39.3 Å². The van der Waals surface area contributed by atoms with Gasteiger partial charge in [0.15, 0.2) is 0 Å². The van der Waals surface area contributed by atoms with Crippen molar-refractivity contribution in [1.29, 1.82) is 0 Å². The third kappa shape index (κ3) is 3.71. The molecule has 3 rings (SSSR count). The van der Waals surface area contributed by atoms with E-state index in [-0.39, 0.29) is 6.09 Å². The number of hydrogen-bond donors (Lipinski definition) is 1. The van der Waals surface area contributed by atoms with Crippen LogP contribution in [0.25, 0.3) is 5.52 Å². The van der Waals surface area contributed by atoms with Crippen LogP contribution in [0.3, 0.4) is 0 Å². The minimum atomic E-state index is -0.484. The molecule has 0 saturated carbocycles. The molecule has 0 bridgehead atoms. The molecule has 1 aliphatic heterocycles.